The summed E-state index contributed by atoms with van der Waals surface area (Å²) in [4.78, 5) is 0.263. The fraction of sp³-hybridized carbons (Fsp3) is 0.364. The van der Waals surface area contributed by atoms with Crippen LogP contribution in [0.2, 0.25) is 0 Å². The Morgan fingerprint density at radius 1 is 1.29 bits per heavy atom. The van der Waals surface area contributed by atoms with Crippen LogP contribution in [0.3, 0.4) is 0 Å². The van der Waals surface area contributed by atoms with Crippen LogP contribution in [-0.2, 0) is 16.4 Å². The molecule has 0 unspecified atom stereocenters. The Labute approximate surface area is 130 Å². The average Bonchev–Trinajstić information content (AvgIpc) is 2.33. The molecular formula is C11H13F3N2O2S3. The lowest BCUT2D eigenvalue weighted by atomic mass is 10.1. The molecule has 0 aliphatic carbocycles. The monoisotopic (exact) mass is 358 g/mol. The van der Waals surface area contributed by atoms with E-state index < -0.39 is 15.5 Å². The summed E-state index contributed by atoms with van der Waals surface area (Å²) >= 11 is 4.46. The minimum Gasteiger partial charge on any atom is -0.393 e. The van der Waals surface area contributed by atoms with E-state index in [9.17, 15) is 21.6 Å². The smallest absolute Gasteiger partial charge is 0.393 e. The predicted molar refractivity (Wildman–Crippen MR) is 80.6 cm³/mol. The molecule has 10 heteroatoms. The normalized spacial score (nSPS) is 12.3. The van der Waals surface area contributed by atoms with Crippen molar-refractivity contribution in [2.24, 2.45) is 5.73 Å². The quantitative estimate of drug-likeness (QED) is 0.577. The maximum atomic E-state index is 11.9. The fourth-order valence-electron chi connectivity index (χ4n) is 1.41. The minimum atomic E-state index is -4.37. The zero-order valence-corrected chi connectivity index (χ0v) is 13.1. The van der Waals surface area contributed by atoms with E-state index in [-0.39, 0.29) is 33.9 Å². The van der Waals surface area contributed by atoms with E-state index in [1.807, 2.05) is 0 Å². The van der Waals surface area contributed by atoms with Crippen LogP contribution < -0.4 is 10.5 Å². The topological polar surface area (TPSA) is 72.2 Å². The first-order valence-electron chi connectivity index (χ1n) is 5.68. The van der Waals surface area contributed by atoms with Gasteiger partial charge >= 0.3 is 5.51 Å². The first-order chi connectivity index (χ1) is 9.60. The molecule has 0 atom stereocenters. The van der Waals surface area contributed by atoms with Gasteiger partial charge in [-0.25, -0.2) is 13.1 Å². The molecule has 0 amide bonds. The zero-order chi connectivity index (χ0) is 16.1. The van der Waals surface area contributed by atoms with E-state index in [1.54, 1.807) is 12.1 Å². The van der Waals surface area contributed by atoms with Crippen LogP contribution in [-0.4, -0.2) is 31.2 Å². The van der Waals surface area contributed by atoms with Crippen molar-refractivity contribution in [1.29, 1.82) is 0 Å². The number of halogens is 3. The number of sulfonamides is 1. The summed E-state index contributed by atoms with van der Waals surface area (Å²) in [5.41, 5.74) is 1.76. The number of hydrogen-bond donors (Lipinski definition) is 2. The van der Waals surface area contributed by atoms with E-state index in [4.69, 9.17) is 18.0 Å². The third-order valence-corrected chi connectivity index (χ3v) is 4.63. The van der Waals surface area contributed by atoms with E-state index >= 15 is 0 Å². The molecule has 0 aliphatic heterocycles. The summed E-state index contributed by atoms with van der Waals surface area (Å²) in [5.74, 6) is -0.387. The Kier molecular flexibility index (Phi) is 6.44. The second-order valence-corrected chi connectivity index (χ2v) is 7.43. The van der Waals surface area contributed by atoms with Gasteiger partial charge < -0.3 is 5.73 Å². The number of benzene rings is 1. The van der Waals surface area contributed by atoms with E-state index in [2.05, 4.69) is 4.72 Å². The summed E-state index contributed by atoms with van der Waals surface area (Å²) in [6.45, 7) is -0.304. The highest BCUT2D eigenvalue weighted by molar-refractivity contribution is 8.00. The predicted octanol–water partition coefficient (Wildman–Crippen LogP) is 2.05. The van der Waals surface area contributed by atoms with E-state index in [0.29, 0.717) is 6.42 Å². The Morgan fingerprint density at radius 3 is 2.33 bits per heavy atom. The number of rotatable bonds is 7. The standard InChI is InChI=1S/C11H13F3N2O2S3/c12-11(13,14)20-6-5-16-21(17,18)9-3-1-8(2-4-9)7-10(15)19/h1-4,16H,5-7H2,(H2,15,19). The van der Waals surface area contributed by atoms with Gasteiger partial charge in [0, 0.05) is 18.7 Å². The summed E-state index contributed by atoms with van der Waals surface area (Å²) in [5, 5.41) is 0. The molecular weight excluding hydrogens is 345 g/mol. The first kappa shape index (κ1) is 18.2. The Bertz CT molecular complexity index is 586. The third kappa shape index (κ3) is 7.11. The number of thiocarbonyl (C=S) groups is 1. The summed E-state index contributed by atoms with van der Waals surface area (Å²) in [7, 11) is -3.82. The second-order valence-electron chi connectivity index (χ2n) is 3.98. The highest BCUT2D eigenvalue weighted by Gasteiger charge is 2.27. The van der Waals surface area contributed by atoms with Crippen LogP contribution in [0.4, 0.5) is 13.2 Å². The van der Waals surface area contributed by atoms with Crippen molar-refractivity contribution in [3.05, 3.63) is 29.8 Å². The van der Waals surface area contributed by atoms with Gasteiger partial charge in [-0.05, 0) is 29.5 Å². The number of thioether (sulfide) groups is 1. The zero-order valence-electron chi connectivity index (χ0n) is 10.7. The average molecular weight is 358 g/mol. The van der Waals surface area contributed by atoms with Crippen LogP contribution in [0, 0.1) is 0 Å². The Hall–Kier alpha value is -0.840. The van der Waals surface area contributed by atoms with Gasteiger partial charge in [-0.15, -0.1) is 0 Å². The van der Waals surface area contributed by atoms with Gasteiger partial charge in [-0.2, -0.15) is 13.2 Å². The van der Waals surface area contributed by atoms with Gasteiger partial charge in [0.1, 0.15) is 0 Å². The lowest BCUT2D eigenvalue weighted by Crippen LogP contribution is -2.26. The molecule has 1 rings (SSSR count). The van der Waals surface area contributed by atoms with Crippen LogP contribution in [0.25, 0.3) is 0 Å². The first-order valence-corrected chi connectivity index (χ1v) is 8.55. The maximum absolute atomic E-state index is 11.9. The molecule has 0 heterocycles. The molecule has 0 saturated carbocycles. The summed E-state index contributed by atoms with van der Waals surface area (Å²) in [6.07, 6.45) is 0.352. The molecule has 0 aliphatic rings. The number of nitrogens with two attached hydrogens (primary N) is 1. The number of hydrogen-bond acceptors (Lipinski definition) is 4. The molecule has 0 fully saturated rings. The molecule has 21 heavy (non-hydrogen) atoms. The van der Waals surface area contributed by atoms with Crippen LogP contribution in [0.1, 0.15) is 5.56 Å². The highest BCUT2D eigenvalue weighted by Crippen LogP contribution is 2.29. The molecule has 0 spiro atoms. The van der Waals surface area contributed by atoms with Gasteiger partial charge in [0.25, 0.3) is 0 Å². The number of alkyl halides is 3. The molecule has 1 aromatic carbocycles. The van der Waals surface area contributed by atoms with Gasteiger partial charge in [0.15, 0.2) is 0 Å². The van der Waals surface area contributed by atoms with Crippen LogP contribution in [0.5, 0.6) is 0 Å². The van der Waals surface area contributed by atoms with Crippen molar-refractivity contribution >= 4 is 39.0 Å². The number of nitrogens with one attached hydrogen (secondary N) is 1. The van der Waals surface area contributed by atoms with Crippen molar-refractivity contribution in [2.45, 2.75) is 16.8 Å². The largest absolute Gasteiger partial charge is 0.441 e. The summed E-state index contributed by atoms with van der Waals surface area (Å²) < 4.78 is 61.5. The van der Waals surface area contributed by atoms with Gasteiger partial charge in [-0.1, -0.05) is 24.4 Å². The lowest BCUT2D eigenvalue weighted by Gasteiger charge is -2.08. The lowest BCUT2D eigenvalue weighted by molar-refractivity contribution is -0.0327. The third-order valence-electron chi connectivity index (χ3n) is 2.27. The van der Waals surface area contributed by atoms with Crippen molar-refractivity contribution in [3.63, 3.8) is 0 Å². The molecule has 118 valence electrons. The van der Waals surface area contributed by atoms with E-state index in [0.717, 1.165) is 5.56 Å². The molecule has 3 N–H and O–H groups in total. The molecule has 0 saturated heterocycles. The Balaban J connectivity index is 2.60. The van der Waals surface area contributed by atoms with Crippen molar-refractivity contribution in [2.75, 3.05) is 12.3 Å². The van der Waals surface area contributed by atoms with Crippen molar-refractivity contribution in [3.8, 4) is 0 Å². The summed E-state index contributed by atoms with van der Waals surface area (Å²) in [6, 6.07) is 5.82. The fourth-order valence-corrected chi connectivity index (χ4v) is 3.18. The van der Waals surface area contributed by atoms with Crippen LogP contribution >= 0.6 is 24.0 Å². The molecule has 0 radical (unpaired) electrons. The second kappa shape index (κ2) is 7.43. The highest BCUT2D eigenvalue weighted by atomic mass is 32.2. The van der Waals surface area contributed by atoms with Crippen molar-refractivity contribution in [1.82, 2.24) is 4.72 Å². The molecule has 0 aromatic heterocycles. The maximum Gasteiger partial charge on any atom is 0.441 e. The van der Waals surface area contributed by atoms with Gasteiger partial charge in [-0.3, -0.25) is 0 Å². The Morgan fingerprint density at radius 2 is 1.86 bits per heavy atom. The minimum absolute atomic E-state index is 0.0220. The SMILES string of the molecule is NC(=S)Cc1ccc(S(=O)(=O)NCCSC(F)(F)F)cc1. The molecule has 1 aromatic rings. The molecule has 4 nitrogen and oxygen atoms in total. The molecule has 0 bridgehead atoms. The van der Waals surface area contributed by atoms with Crippen molar-refractivity contribution < 1.29 is 21.6 Å². The van der Waals surface area contributed by atoms with Gasteiger partial charge in [0.05, 0.1) is 9.88 Å². The van der Waals surface area contributed by atoms with Crippen LogP contribution in [0.15, 0.2) is 29.2 Å². The van der Waals surface area contributed by atoms with E-state index in [1.165, 1.54) is 12.1 Å². The van der Waals surface area contributed by atoms with Gasteiger partial charge in [0.2, 0.25) is 10.0 Å².